The Morgan fingerprint density at radius 3 is 2.81 bits per heavy atom. The predicted molar refractivity (Wildman–Crippen MR) is 60.9 cm³/mol. The summed E-state index contributed by atoms with van der Waals surface area (Å²) in [4.78, 5) is 4.15. The SMILES string of the molecule is CC(C)(N)Cc1nc2cc(F)cc(Cl)c2o1. The van der Waals surface area contributed by atoms with Crippen LogP contribution in [-0.4, -0.2) is 10.5 Å². The maximum absolute atomic E-state index is 13.1. The van der Waals surface area contributed by atoms with Gasteiger partial charge in [-0.2, -0.15) is 0 Å². The number of rotatable bonds is 2. The van der Waals surface area contributed by atoms with Crippen molar-refractivity contribution in [3.05, 3.63) is 28.9 Å². The molecule has 0 saturated carbocycles. The molecule has 0 fully saturated rings. The first-order valence-corrected chi connectivity index (χ1v) is 5.26. The summed E-state index contributed by atoms with van der Waals surface area (Å²) >= 11 is 5.84. The molecule has 0 radical (unpaired) electrons. The van der Waals surface area contributed by atoms with Crippen LogP contribution in [0.15, 0.2) is 16.5 Å². The van der Waals surface area contributed by atoms with E-state index in [9.17, 15) is 4.39 Å². The van der Waals surface area contributed by atoms with E-state index in [1.807, 2.05) is 13.8 Å². The van der Waals surface area contributed by atoms with Gasteiger partial charge in [0.25, 0.3) is 0 Å². The highest BCUT2D eigenvalue weighted by molar-refractivity contribution is 6.34. The van der Waals surface area contributed by atoms with E-state index in [4.69, 9.17) is 21.8 Å². The fourth-order valence-electron chi connectivity index (χ4n) is 1.47. The predicted octanol–water partition coefficient (Wildman–Crippen LogP) is 2.90. The average molecular weight is 243 g/mol. The van der Waals surface area contributed by atoms with Gasteiger partial charge in [0.2, 0.25) is 0 Å². The number of nitrogens with two attached hydrogens (primary N) is 1. The highest BCUT2D eigenvalue weighted by Gasteiger charge is 2.17. The molecule has 2 rings (SSSR count). The summed E-state index contributed by atoms with van der Waals surface area (Å²) in [7, 11) is 0. The van der Waals surface area contributed by atoms with E-state index in [2.05, 4.69) is 4.98 Å². The van der Waals surface area contributed by atoms with E-state index in [1.165, 1.54) is 12.1 Å². The van der Waals surface area contributed by atoms with Crippen LogP contribution in [-0.2, 0) is 6.42 Å². The van der Waals surface area contributed by atoms with Crippen molar-refractivity contribution < 1.29 is 8.81 Å². The molecular formula is C11H12ClFN2O. The summed E-state index contributed by atoms with van der Waals surface area (Å²) in [6, 6.07) is 2.49. The molecule has 1 heterocycles. The maximum atomic E-state index is 13.1. The molecule has 1 aromatic carbocycles. The van der Waals surface area contributed by atoms with Gasteiger partial charge in [-0.25, -0.2) is 9.37 Å². The standard InChI is InChI=1S/C11H12ClFN2O/c1-11(2,14)5-9-15-8-4-6(13)3-7(12)10(8)16-9/h3-4H,5,14H2,1-2H3. The normalized spacial score (nSPS) is 12.3. The zero-order chi connectivity index (χ0) is 11.9. The second-order valence-corrected chi connectivity index (χ2v) is 4.92. The van der Waals surface area contributed by atoms with Gasteiger partial charge in [-0.3, -0.25) is 0 Å². The smallest absolute Gasteiger partial charge is 0.197 e. The van der Waals surface area contributed by atoms with Gasteiger partial charge in [0, 0.05) is 18.0 Å². The van der Waals surface area contributed by atoms with Crippen molar-refractivity contribution in [1.29, 1.82) is 0 Å². The molecule has 16 heavy (non-hydrogen) atoms. The lowest BCUT2D eigenvalue weighted by Gasteiger charge is -2.14. The first-order chi connectivity index (χ1) is 7.35. The Labute approximate surface area is 97.4 Å². The summed E-state index contributed by atoms with van der Waals surface area (Å²) < 4.78 is 18.5. The highest BCUT2D eigenvalue weighted by atomic mass is 35.5. The molecule has 0 unspecified atom stereocenters. The molecule has 2 aromatic rings. The Morgan fingerprint density at radius 1 is 1.50 bits per heavy atom. The maximum Gasteiger partial charge on any atom is 0.197 e. The van der Waals surface area contributed by atoms with E-state index in [1.54, 1.807) is 0 Å². The second kappa shape index (κ2) is 3.71. The molecule has 0 aliphatic rings. The average Bonchev–Trinajstić information content (AvgIpc) is 2.43. The summed E-state index contributed by atoms with van der Waals surface area (Å²) in [5, 5.41) is 0.226. The molecule has 1 aromatic heterocycles. The number of oxazole rings is 1. The number of halogens is 2. The zero-order valence-electron chi connectivity index (χ0n) is 9.05. The van der Waals surface area contributed by atoms with Gasteiger partial charge in [-0.05, 0) is 19.9 Å². The highest BCUT2D eigenvalue weighted by Crippen LogP contribution is 2.26. The van der Waals surface area contributed by atoms with E-state index in [-0.39, 0.29) is 5.02 Å². The topological polar surface area (TPSA) is 52.0 Å². The Hall–Kier alpha value is -1.13. The summed E-state index contributed by atoms with van der Waals surface area (Å²) in [5.41, 5.74) is 6.25. The largest absolute Gasteiger partial charge is 0.439 e. The number of benzene rings is 1. The number of fused-ring (bicyclic) bond motifs is 1. The van der Waals surface area contributed by atoms with Gasteiger partial charge in [-0.1, -0.05) is 11.6 Å². The first kappa shape index (κ1) is 11.4. The van der Waals surface area contributed by atoms with Crippen LogP contribution >= 0.6 is 11.6 Å². The fraction of sp³-hybridized carbons (Fsp3) is 0.364. The third kappa shape index (κ3) is 2.33. The van der Waals surface area contributed by atoms with Crippen LogP contribution in [0, 0.1) is 5.82 Å². The molecular weight excluding hydrogens is 231 g/mol. The lowest BCUT2D eigenvalue weighted by atomic mass is 10.0. The molecule has 0 atom stereocenters. The van der Waals surface area contributed by atoms with Gasteiger partial charge >= 0.3 is 0 Å². The van der Waals surface area contributed by atoms with Crippen molar-refractivity contribution in [2.75, 3.05) is 0 Å². The van der Waals surface area contributed by atoms with Crippen molar-refractivity contribution in [2.45, 2.75) is 25.8 Å². The van der Waals surface area contributed by atoms with Gasteiger partial charge in [0.05, 0.1) is 5.02 Å². The quantitative estimate of drug-likeness (QED) is 0.881. The minimum Gasteiger partial charge on any atom is -0.439 e. The van der Waals surface area contributed by atoms with Crippen LogP contribution in [0.25, 0.3) is 11.1 Å². The van der Waals surface area contributed by atoms with Gasteiger partial charge in [0.1, 0.15) is 11.3 Å². The third-order valence-corrected chi connectivity index (χ3v) is 2.34. The minimum atomic E-state index is -0.427. The summed E-state index contributed by atoms with van der Waals surface area (Å²) in [6.07, 6.45) is 0.472. The van der Waals surface area contributed by atoms with E-state index in [0.717, 1.165) is 0 Å². The van der Waals surface area contributed by atoms with Crippen molar-refractivity contribution in [3.8, 4) is 0 Å². The molecule has 3 nitrogen and oxygen atoms in total. The minimum absolute atomic E-state index is 0.226. The van der Waals surface area contributed by atoms with E-state index >= 15 is 0 Å². The lowest BCUT2D eigenvalue weighted by Crippen LogP contribution is -2.34. The Morgan fingerprint density at radius 2 is 2.19 bits per heavy atom. The molecule has 0 spiro atoms. The van der Waals surface area contributed by atoms with Crippen molar-refractivity contribution >= 4 is 22.7 Å². The number of nitrogens with zero attached hydrogens (tertiary/aromatic N) is 1. The van der Waals surface area contributed by atoms with Crippen LogP contribution in [0.3, 0.4) is 0 Å². The van der Waals surface area contributed by atoms with Crippen molar-refractivity contribution in [1.82, 2.24) is 4.98 Å². The first-order valence-electron chi connectivity index (χ1n) is 4.88. The van der Waals surface area contributed by atoms with Crippen LogP contribution in [0.1, 0.15) is 19.7 Å². The Kier molecular flexibility index (Phi) is 2.64. The van der Waals surface area contributed by atoms with Crippen molar-refractivity contribution in [2.24, 2.45) is 5.73 Å². The molecule has 2 N–H and O–H groups in total. The summed E-state index contributed by atoms with van der Waals surface area (Å²) in [5.74, 6) is 0.0411. The van der Waals surface area contributed by atoms with Crippen LogP contribution in [0.2, 0.25) is 5.02 Å². The molecule has 0 bridgehead atoms. The molecule has 86 valence electrons. The zero-order valence-corrected chi connectivity index (χ0v) is 9.81. The van der Waals surface area contributed by atoms with E-state index in [0.29, 0.717) is 23.4 Å². The van der Waals surface area contributed by atoms with Crippen LogP contribution in [0.5, 0.6) is 0 Å². The molecule has 0 aliphatic heterocycles. The molecule has 5 heteroatoms. The number of hydrogen-bond acceptors (Lipinski definition) is 3. The fourth-order valence-corrected chi connectivity index (χ4v) is 1.71. The molecule has 0 aliphatic carbocycles. The van der Waals surface area contributed by atoms with Gasteiger partial charge in [0.15, 0.2) is 11.5 Å². The summed E-state index contributed by atoms with van der Waals surface area (Å²) in [6.45, 7) is 3.73. The second-order valence-electron chi connectivity index (χ2n) is 4.51. The van der Waals surface area contributed by atoms with Gasteiger partial charge in [-0.15, -0.1) is 0 Å². The van der Waals surface area contributed by atoms with Crippen LogP contribution < -0.4 is 5.73 Å². The van der Waals surface area contributed by atoms with Gasteiger partial charge < -0.3 is 10.2 Å². The molecule has 0 saturated heterocycles. The monoisotopic (exact) mass is 242 g/mol. The lowest BCUT2D eigenvalue weighted by molar-refractivity contribution is 0.433. The number of hydrogen-bond donors (Lipinski definition) is 1. The Balaban J connectivity index is 2.48. The Bertz CT molecular complexity index is 530. The van der Waals surface area contributed by atoms with Crippen LogP contribution in [0.4, 0.5) is 4.39 Å². The molecule has 0 amide bonds. The third-order valence-electron chi connectivity index (χ3n) is 2.06. The van der Waals surface area contributed by atoms with E-state index < -0.39 is 11.4 Å². The van der Waals surface area contributed by atoms with Crippen molar-refractivity contribution in [3.63, 3.8) is 0 Å². The number of aromatic nitrogens is 1.